The molecule has 90 valence electrons. The number of pyridine rings is 1. The number of nitrogens with one attached hydrogen (secondary N) is 1. The molecule has 4 heteroatoms. The van der Waals surface area contributed by atoms with Crippen LogP contribution in [0.2, 0.25) is 0 Å². The molecule has 3 heterocycles. The molecule has 2 aromatic rings. The smallest absolute Gasteiger partial charge is 0.159 e. The van der Waals surface area contributed by atoms with Crippen LogP contribution < -0.4 is 5.32 Å². The van der Waals surface area contributed by atoms with E-state index in [1.54, 1.807) is 12.4 Å². The lowest BCUT2D eigenvalue weighted by atomic mass is 10.1. The molecule has 1 N–H and O–H groups in total. The van der Waals surface area contributed by atoms with E-state index < -0.39 is 0 Å². The Morgan fingerprint density at radius 2 is 1.89 bits per heavy atom. The summed E-state index contributed by atoms with van der Waals surface area (Å²) in [6.45, 7) is 1.80. The van der Waals surface area contributed by atoms with Crippen LogP contribution >= 0.6 is 0 Å². The third-order valence-electron chi connectivity index (χ3n) is 3.62. The van der Waals surface area contributed by atoms with E-state index in [1.165, 1.54) is 29.8 Å². The molecule has 4 nitrogen and oxygen atoms in total. The quantitative estimate of drug-likeness (QED) is 0.869. The average molecular weight is 238 g/mol. The van der Waals surface area contributed by atoms with Gasteiger partial charge in [0.05, 0.1) is 11.4 Å². The van der Waals surface area contributed by atoms with E-state index in [0.29, 0.717) is 5.92 Å². The largest absolute Gasteiger partial charge is 0.307 e. The molecule has 1 saturated carbocycles. The van der Waals surface area contributed by atoms with Crippen molar-refractivity contribution in [3.8, 4) is 11.4 Å². The van der Waals surface area contributed by atoms with Gasteiger partial charge in [0, 0.05) is 42.5 Å². The normalized spacial score (nSPS) is 17.8. The molecule has 1 fully saturated rings. The fraction of sp³-hybridized carbons (Fsp3) is 0.357. The maximum absolute atomic E-state index is 4.80. The Bertz CT molecular complexity index is 590. The third-order valence-corrected chi connectivity index (χ3v) is 3.62. The van der Waals surface area contributed by atoms with Crippen LogP contribution in [0.4, 0.5) is 0 Å². The van der Waals surface area contributed by atoms with Crippen molar-refractivity contribution >= 4 is 0 Å². The van der Waals surface area contributed by atoms with Gasteiger partial charge in [0.1, 0.15) is 0 Å². The Hall–Kier alpha value is -1.81. The fourth-order valence-corrected chi connectivity index (χ4v) is 2.52. The van der Waals surface area contributed by atoms with E-state index in [4.69, 9.17) is 9.97 Å². The molecule has 0 radical (unpaired) electrons. The first-order chi connectivity index (χ1) is 8.92. The standard InChI is InChI=1S/C14H14N4/c1-2-9(1)13-11-7-16-8-12(11)17-14(18-13)10-3-5-15-6-4-10/h3-6,9,16H,1-2,7-8H2. The van der Waals surface area contributed by atoms with Crippen molar-refractivity contribution in [2.75, 3.05) is 0 Å². The Morgan fingerprint density at radius 1 is 1.06 bits per heavy atom. The molecule has 18 heavy (non-hydrogen) atoms. The van der Waals surface area contributed by atoms with Gasteiger partial charge in [-0.15, -0.1) is 0 Å². The van der Waals surface area contributed by atoms with Crippen molar-refractivity contribution < 1.29 is 0 Å². The molecule has 0 spiro atoms. The van der Waals surface area contributed by atoms with E-state index >= 15 is 0 Å². The summed E-state index contributed by atoms with van der Waals surface area (Å²) in [5, 5.41) is 3.37. The van der Waals surface area contributed by atoms with Crippen molar-refractivity contribution in [1.29, 1.82) is 0 Å². The summed E-state index contributed by atoms with van der Waals surface area (Å²) in [5.74, 6) is 1.52. The van der Waals surface area contributed by atoms with Crippen LogP contribution in [0.15, 0.2) is 24.5 Å². The van der Waals surface area contributed by atoms with E-state index in [2.05, 4.69) is 10.3 Å². The molecule has 0 unspecified atom stereocenters. The van der Waals surface area contributed by atoms with Crippen LogP contribution in [0.3, 0.4) is 0 Å². The molecular formula is C14H14N4. The summed E-state index contributed by atoms with van der Waals surface area (Å²) in [5.41, 5.74) is 4.85. The summed E-state index contributed by atoms with van der Waals surface area (Å²) in [7, 11) is 0. The van der Waals surface area contributed by atoms with Gasteiger partial charge in [0.25, 0.3) is 0 Å². The second-order valence-corrected chi connectivity index (χ2v) is 4.97. The van der Waals surface area contributed by atoms with Gasteiger partial charge < -0.3 is 5.32 Å². The number of aromatic nitrogens is 3. The van der Waals surface area contributed by atoms with Gasteiger partial charge in [-0.25, -0.2) is 9.97 Å². The molecule has 0 bridgehead atoms. The van der Waals surface area contributed by atoms with E-state index in [-0.39, 0.29) is 0 Å². The summed E-state index contributed by atoms with van der Waals surface area (Å²) < 4.78 is 0. The molecule has 1 aliphatic carbocycles. The number of rotatable bonds is 2. The predicted molar refractivity (Wildman–Crippen MR) is 67.8 cm³/mol. The molecular weight excluding hydrogens is 224 g/mol. The van der Waals surface area contributed by atoms with Crippen LogP contribution in [0.5, 0.6) is 0 Å². The molecule has 0 atom stereocenters. The molecule has 0 aromatic carbocycles. The number of fused-ring (bicyclic) bond motifs is 1. The Kier molecular flexibility index (Phi) is 2.17. The first kappa shape index (κ1) is 10.1. The molecule has 1 aliphatic heterocycles. The van der Waals surface area contributed by atoms with Crippen LogP contribution in [-0.4, -0.2) is 15.0 Å². The SMILES string of the molecule is c1cc(-c2nc3c(c(C4CC4)n2)CNC3)ccn1. The van der Waals surface area contributed by atoms with E-state index in [1.807, 2.05) is 12.1 Å². The van der Waals surface area contributed by atoms with Crippen molar-refractivity contribution in [3.63, 3.8) is 0 Å². The van der Waals surface area contributed by atoms with Gasteiger partial charge in [-0.3, -0.25) is 4.98 Å². The van der Waals surface area contributed by atoms with Gasteiger partial charge in [0.2, 0.25) is 0 Å². The Morgan fingerprint density at radius 3 is 2.67 bits per heavy atom. The number of hydrogen-bond acceptors (Lipinski definition) is 4. The summed E-state index contributed by atoms with van der Waals surface area (Å²) in [6, 6.07) is 3.95. The monoisotopic (exact) mass is 238 g/mol. The van der Waals surface area contributed by atoms with Gasteiger partial charge in [0.15, 0.2) is 5.82 Å². The highest BCUT2D eigenvalue weighted by atomic mass is 15.0. The molecule has 2 aliphatic rings. The third kappa shape index (κ3) is 1.61. The van der Waals surface area contributed by atoms with Crippen molar-refractivity contribution in [2.24, 2.45) is 0 Å². The average Bonchev–Trinajstić information content (AvgIpc) is 3.16. The highest BCUT2D eigenvalue weighted by Gasteiger charge is 2.31. The van der Waals surface area contributed by atoms with Crippen molar-refractivity contribution in [1.82, 2.24) is 20.3 Å². The molecule has 0 saturated heterocycles. The van der Waals surface area contributed by atoms with E-state index in [9.17, 15) is 0 Å². The zero-order chi connectivity index (χ0) is 11.9. The number of nitrogens with zero attached hydrogens (tertiary/aromatic N) is 3. The fourth-order valence-electron chi connectivity index (χ4n) is 2.52. The zero-order valence-electron chi connectivity index (χ0n) is 10.1. The Balaban J connectivity index is 1.87. The maximum Gasteiger partial charge on any atom is 0.159 e. The van der Waals surface area contributed by atoms with Crippen LogP contribution in [-0.2, 0) is 13.1 Å². The summed E-state index contributed by atoms with van der Waals surface area (Å²) in [6.07, 6.45) is 6.14. The van der Waals surface area contributed by atoms with Crippen LogP contribution in [0.25, 0.3) is 11.4 Å². The second kappa shape index (κ2) is 3.85. The lowest BCUT2D eigenvalue weighted by molar-refractivity contribution is 0.755. The van der Waals surface area contributed by atoms with E-state index in [0.717, 1.165) is 24.5 Å². The maximum atomic E-state index is 4.80. The minimum Gasteiger partial charge on any atom is -0.307 e. The highest BCUT2D eigenvalue weighted by Crippen LogP contribution is 2.42. The van der Waals surface area contributed by atoms with Gasteiger partial charge in [-0.1, -0.05) is 0 Å². The predicted octanol–water partition coefficient (Wildman–Crippen LogP) is 2.02. The lowest BCUT2D eigenvalue weighted by Gasteiger charge is -2.08. The minimum absolute atomic E-state index is 0.669. The minimum atomic E-state index is 0.669. The Labute approximate surface area is 106 Å². The molecule has 0 amide bonds. The van der Waals surface area contributed by atoms with Crippen LogP contribution in [0.1, 0.15) is 35.7 Å². The zero-order valence-corrected chi connectivity index (χ0v) is 10.1. The lowest BCUT2D eigenvalue weighted by Crippen LogP contribution is -2.02. The second-order valence-electron chi connectivity index (χ2n) is 4.97. The van der Waals surface area contributed by atoms with Gasteiger partial charge in [-0.2, -0.15) is 0 Å². The van der Waals surface area contributed by atoms with Crippen molar-refractivity contribution in [2.45, 2.75) is 31.8 Å². The summed E-state index contributed by atoms with van der Waals surface area (Å²) >= 11 is 0. The number of hydrogen-bond donors (Lipinski definition) is 1. The summed E-state index contributed by atoms with van der Waals surface area (Å²) in [4.78, 5) is 13.5. The van der Waals surface area contributed by atoms with Gasteiger partial charge in [-0.05, 0) is 25.0 Å². The first-order valence-corrected chi connectivity index (χ1v) is 6.42. The van der Waals surface area contributed by atoms with Crippen molar-refractivity contribution in [3.05, 3.63) is 41.5 Å². The molecule has 4 rings (SSSR count). The van der Waals surface area contributed by atoms with Crippen LogP contribution in [0, 0.1) is 0 Å². The highest BCUT2D eigenvalue weighted by molar-refractivity contribution is 5.55. The topological polar surface area (TPSA) is 50.7 Å². The molecule has 2 aromatic heterocycles. The van der Waals surface area contributed by atoms with Gasteiger partial charge >= 0.3 is 0 Å². The first-order valence-electron chi connectivity index (χ1n) is 6.42.